The topological polar surface area (TPSA) is 78.9 Å². The molecular weight excluding hydrogens is 386 g/mol. The number of rotatable bonds is 5. The van der Waals surface area contributed by atoms with Crippen molar-refractivity contribution in [2.24, 2.45) is 0 Å². The van der Waals surface area contributed by atoms with Crippen LogP contribution in [0.5, 0.6) is 11.5 Å². The van der Waals surface area contributed by atoms with E-state index in [2.05, 4.69) is 0 Å². The van der Waals surface area contributed by atoms with Crippen molar-refractivity contribution in [2.75, 3.05) is 19.1 Å². The fourth-order valence-corrected chi connectivity index (χ4v) is 3.89. The Morgan fingerprint density at radius 3 is 2.44 bits per heavy atom. The highest BCUT2D eigenvalue weighted by molar-refractivity contribution is 8.27. The molecule has 0 spiro atoms. The Hall–Kier alpha value is -2.84. The van der Waals surface area contributed by atoms with Crippen molar-refractivity contribution >= 4 is 51.9 Å². The minimum atomic E-state index is -1.28. The minimum absolute atomic E-state index is 0.0286. The van der Waals surface area contributed by atoms with E-state index >= 15 is 0 Å². The number of amides is 1. The Morgan fingerprint density at radius 1 is 1.15 bits per heavy atom. The van der Waals surface area contributed by atoms with Gasteiger partial charge in [0.1, 0.15) is 0 Å². The number of carbonyl (C=O) groups excluding carboxylic acids is 2. The Morgan fingerprint density at radius 2 is 1.85 bits per heavy atom. The van der Waals surface area contributed by atoms with Crippen molar-refractivity contribution in [1.29, 1.82) is 0 Å². The summed E-state index contributed by atoms with van der Waals surface area (Å²) < 4.78 is 11.0. The third-order valence-corrected chi connectivity index (χ3v) is 5.18. The summed E-state index contributed by atoms with van der Waals surface area (Å²) in [6.45, 7) is 0. The number of carboxylic acid groups (broad SMARTS) is 1. The number of benzene rings is 2. The molecule has 0 bridgehead atoms. The first kappa shape index (κ1) is 18.9. The van der Waals surface area contributed by atoms with Crippen LogP contribution in [0.1, 0.15) is 15.9 Å². The number of anilines is 1. The number of carboxylic acids is 1. The number of aromatic carboxylic acids is 1. The summed E-state index contributed by atoms with van der Waals surface area (Å²) >= 11 is 6.49. The van der Waals surface area contributed by atoms with Gasteiger partial charge in [-0.25, -0.2) is 0 Å². The molecular formula is C19H14NO5S2-. The molecule has 1 aliphatic rings. The summed E-state index contributed by atoms with van der Waals surface area (Å²) in [6.07, 6.45) is 1.69. The van der Waals surface area contributed by atoms with Gasteiger partial charge in [0.2, 0.25) is 0 Å². The number of nitrogens with zero attached hydrogens (tertiary/aromatic N) is 1. The molecule has 3 rings (SSSR count). The maximum Gasteiger partial charge on any atom is 0.270 e. The second-order valence-electron chi connectivity index (χ2n) is 5.43. The van der Waals surface area contributed by atoms with Crippen LogP contribution < -0.4 is 19.5 Å². The van der Waals surface area contributed by atoms with Crippen LogP contribution in [0.25, 0.3) is 6.08 Å². The molecule has 1 aliphatic heterocycles. The molecule has 1 heterocycles. The maximum absolute atomic E-state index is 12.8. The van der Waals surface area contributed by atoms with Gasteiger partial charge in [-0.1, -0.05) is 48.2 Å². The summed E-state index contributed by atoms with van der Waals surface area (Å²) in [6, 6.07) is 11.2. The minimum Gasteiger partial charge on any atom is -0.545 e. The number of thioether (sulfide) groups is 1. The normalized spacial score (nSPS) is 15.3. The molecule has 8 heteroatoms. The maximum atomic E-state index is 12.8. The van der Waals surface area contributed by atoms with Crippen LogP contribution in [0.15, 0.2) is 47.4 Å². The zero-order chi connectivity index (χ0) is 19.6. The van der Waals surface area contributed by atoms with Crippen molar-refractivity contribution in [3.63, 3.8) is 0 Å². The van der Waals surface area contributed by atoms with E-state index in [-0.39, 0.29) is 11.5 Å². The number of methoxy groups -OCH3 is 2. The Balaban J connectivity index is 1.95. The molecule has 0 radical (unpaired) electrons. The van der Waals surface area contributed by atoms with Crippen LogP contribution >= 0.6 is 24.0 Å². The number of ether oxygens (including phenoxy) is 2. The molecule has 1 saturated heterocycles. The van der Waals surface area contributed by atoms with Gasteiger partial charge in [0.25, 0.3) is 5.91 Å². The predicted octanol–water partition coefficient (Wildman–Crippen LogP) is 2.47. The van der Waals surface area contributed by atoms with Gasteiger partial charge in [0.05, 0.1) is 30.8 Å². The molecule has 1 fully saturated rings. The fourth-order valence-electron chi connectivity index (χ4n) is 2.60. The zero-order valence-corrected chi connectivity index (χ0v) is 16.1. The van der Waals surface area contributed by atoms with E-state index in [4.69, 9.17) is 21.7 Å². The Bertz CT molecular complexity index is 953. The number of thiocarbonyl (C=S) groups is 1. The van der Waals surface area contributed by atoms with Gasteiger partial charge >= 0.3 is 0 Å². The van der Waals surface area contributed by atoms with Crippen molar-refractivity contribution in [3.05, 3.63) is 58.5 Å². The largest absolute Gasteiger partial charge is 0.545 e. The molecule has 0 aliphatic carbocycles. The first-order valence-corrected chi connectivity index (χ1v) is 8.99. The van der Waals surface area contributed by atoms with Crippen LogP contribution in [-0.2, 0) is 4.79 Å². The first-order valence-electron chi connectivity index (χ1n) is 7.76. The Kier molecular flexibility index (Phi) is 5.48. The lowest BCUT2D eigenvalue weighted by Crippen LogP contribution is -2.28. The first-order chi connectivity index (χ1) is 13.0. The highest BCUT2D eigenvalue weighted by Gasteiger charge is 2.33. The molecule has 0 N–H and O–H groups in total. The second-order valence-corrected chi connectivity index (χ2v) is 7.11. The van der Waals surface area contributed by atoms with Gasteiger partial charge in [0, 0.05) is 5.56 Å². The summed E-state index contributed by atoms with van der Waals surface area (Å²) in [5, 5.41) is 10.9. The summed E-state index contributed by atoms with van der Waals surface area (Å²) in [7, 11) is 3.07. The van der Waals surface area contributed by atoms with Crippen molar-refractivity contribution in [3.8, 4) is 11.5 Å². The van der Waals surface area contributed by atoms with Crippen molar-refractivity contribution in [2.45, 2.75) is 0 Å². The van der Waals surface area contributed by atoms with Gasteiger partial charge in [-0.3, -0.25) is 9.69 Å². The van der Waals surface area contributed by atoms with Crippen molar-refractivity contribution < 1.29 is 24.2 Å². The van der Waals surface area contributed by atoms with E-state index in [0.717, 1.165) is 11.8 Å². The summed E-state index contributed by atoms with van der Waals surface area (Å²) in [5.74, 6) is -0.504. The molecule has 2 aromatic carbocycles. The highest BCUT2D eigenvalue weighted by Crippen LogP contribution is 2.39. The van der Waals surface area contributed by atoms with E-state index in [1.54, 1.807) is 18.2 Å². The number of hydrogen-bond acceptors (Lipinski definition) is 7. The molecule has 2 aromatic rings. The molecule has 0 aromatic heterocycles. The number of para-hydroxylation sites is 1. The van der Waals surface area contributed by atoms with Gasteiger partial charge in [-0.15, -0.1) is 0 Å². The lowest BCUT2D eigenvalue weighted by atomic mass is 10.1. The van der Waals surface area contributed by atoms with Gasteiger partial charge in [-0.2, -0.15) is 0 Å². The van der Waals surface area contributed by atoms with E-state index in [0.29, 0.717) is 32.0 Å². The van der Waals surface area contributed by atoms with Gasteiger partial charge in [0.15, 0.2) is 15.8 Å². The third kappa shape index (κ3) is 3.67. The molecule has 138 valence electrons. The quantitative estimate of drug-likeness (QED) is 0.563. The van der Waals surface area contributed by atoms with Crippen molar-refractivity contribution in [1.82, 2.24) is 0 Å². The summed E-state index contributed by atoms with van der Waals surface area (Å²) in [5.41, 5.74) is 1.20. The van der Waals surface area contributed by atoms with Gasteiger partial charge in [-0.05, 0) is 29.8 Å². The molecule has 0 unspecified atom stereocenters. The average molecular weight is 400 g/mol. The van der Waals surface area contributed by atoms with Crippen LogP contribution in [0.2, 0.25) is 0 Å². The monoisotopic (exact) mass is 400 g/mol. The predicted molar refractivity (Wildman–Crippen MR) is 106 cm³/mol. The van der Waals surface area contributed by atoms with Crippen LogP contribution in [-0.4, -0.2) is 30.4 Å². The zero-order valence-electron chi connectivity index (χ0n) is 14.4. The highest BCUT2D eigenvalue weighted by atomic mass is 32.2. The van der Waals surface area contributed by atoms with E-state index < -0.39 is 5.97 Å². The van der Waals surface area contributed by atoms with E-state index in [9.17, 15) is 14.7 Å². The lowest BCUT2D eigenvalue weighted by Gasteiger charge is -2.15. The molecule has 27 heavy (non-hydrogen) atoms. The van der Waals surface area contributed by atoms with Crippen LogP contribution in [0, 0.1) is 0 Å². The molecule has 1 amide bonds. The molecule has 0 atom stereocenters. The third-order valence-electron chi connectivity index (χ3n) is 3.87. The second kappa shape index (κ2) is 7.81. The molecule has 0 saturated carbocycles. The molecule has 6 nitrogen and oxygen atoms in total. The van der Waals surface area contributed by atoms with Crippen LogP contribution in [0.4, 0.5) is 5.69 Å². The Labute approximate surface area is 165 Å². The smallest absolute Gasteiger partial charge is 0.270 e. The van der Waals surface area contributed by atoms with E-state index in [1.807, 2.05) is 6.07 Å². The number of carbonyl (C=O) groups is 2. The van der Waals surface area contributed by atoms with Gasteiger partial charge < -0.3 is 19.4 Å². The van der Waals surface area contributed by atoms with E-state index in [1.165, 1.54) is 43.4 Å². The SMILES string of the molecule is COc1cccc(/C=C2/SC(=S)N(c3ccc(C(=O)[O-])cc3)C2=O)c1OC. The lowest BCUT2D eigenvalue weighted by molar-refractivity contribution is -0.255. The summed E-state index contributed by atoms with van der Waals surface area (Å²) in [4.78, 5) is 25.5. The average Bonchev–Trinajstić information content (AvgIpc) is 2.94. The standard InChI is InChI=1S/C19H15NO5S2/c1-24-14-5-3-4-12(16(14)25-2)10-15-17(21)20(19(26)27-15)13-8-6-11(7-9-13)18(22)23/h3-10H,1-2H3,(H,22,23)/p-1/b15-10+. The van der Waals surface area contributed by atoms with Crippen LogP contribution in [0.3, 0.4) is 0 Å². The number of hydrogen-bond donors (Lipinski definition) is 0. The fraction of sp³-hybridized carbons (Fsp3) is 0.105.